The van der Waals surface area contributed by atoms with Crippen molar-refractivity contribution in [3.8, 4) is 5.75 Å². The lowest BCUT2D eigenvalue weighted by Crippen LogP contribution is -2.62. The molecule has 6 N–H and O–H groups in total. The Kier molecular flexibility index (Phi) is 12.9. The molecule has 274 valence electrons. The lowest BCUT2D eigenvalue weighted by molar-refractivity contribution is -0.320. The van der Waals surface area contributed by atoms with E-state index in [9.17, 15) is 35.4 Å². The summed E-state index contributed by atoms with van der Waals surface area (Å²) in [6.45, 7) is 9.07. The Hall–Kier alpha value is -2.43. The maximum atomic E-state index is 13.6. The van der Waals surface area contributed by atoms with Gasteiger partial charge in [-0.1, -0.05) is 23.3 Å². The molecule has 0 unspecified atom stereocenters. The second-order valence-electron chi connectivity index (χ2n) is 14.1. The average molecular weight is 692 g/mol. The van der Waals surface area contributed by atoms with Crippen molar-refractivity contribution in [2.75, 3.05) is 32.9 Å². The fraction of sp³-hybridized carbons (Fsp3) is 0.694. The molecule has 0 saturated carbocycles. The number of aliphatic hydroxyl groups excluding tert-OH is 6. The summed E-state index contributed by atoms with van der Waals surface area (Å²) in [5, 5.41) is 62.2. The van der Waals surface area contributed by atoms with E-state index < -0.39 is 74.5 Å². The van der Waals surface area contributed by atoms with E-state index in [1.54, 1.807) is 12.1 Å². The molecule has 1 aromatic rings. The Balaban J connectivity index is 1.47. The molecule has 4 aliphatic rings. The third kappa shape index (κ3) is 8.73. The number of hydrogen-bond acceptors (Lipinski definition) is 13. The third-order valence-electron chi connectivity index (χ3n) is 9.96. The molecule has 0 aliphatic carbocycles. The molecule has 4 aliphatic heterocycles. The molecule has 4 fully saturated rings. The SMILES string of the molecule is CC(C)=CCc1cc(C(=O)OC[C@@H]2CCN3CCC[C@H]23)cc(CC=C(C)C)c1O[C@H]1O[C@H](CO)[C@H](O)[C@@H](O)[C@@H]1O[C@@H]1O[C@H](CO)[C@H](O)[C@H]1O. The van der Waals surface area contributed by atoms with Gasteiger partial charge in [0.25, 0.3) is 0 Å². The molecule has 13 heteroatoms. The molecule has 0 amide bonds. The fourth-order valence-electron chi connectivity index (χ4n) is 7.15. The molecule has 4 saturated heterocycles. The summed E-state index contributed by atoms with van der Waals surface area (Å²) in [7, 11) is 0. The smallest absolute Gasteiger partial charge is 0.338 e. The lowest BCUT2D eigenvalue weighted by atomic mass is 9.96. The van der Waals surface area contributed by atoms with Crippen LogP contribution in [0.15, 0.2) is 35.4 Å². The summed E-state index contributed by atoms with van der Waals surface area (Å²) in [6.07, 6.45) is -5.06. The third-order valence-corrected chi connectivity index (χ3v) is 9.96. The molecule has 1 aromatic carbocycles. The van der Waals surface area contributed by atoms with Crippen molar-refractivity contribution in [1.29, 1.82) is 0 Å². The zero-order valence-corrected chi connectivity index (χ0v) is 28.8. The Bertz CT molecular complexity index is 1300. The van der Waals surface area contributed by atoms with Gasteiger partial charge in [0.05, 0.1) is 25.4 Å². The van der Waals surface area contributed by atoms with Crippen molar-refractivity contribution in [2.24, 2.45) is 5.92 Å². The standard InChI is InChI=1S/C36H53NO12/c1-19(2)7-9-21-14-24(34(44)45-18-23-11-13-37-12-5-6-25(23)37)15-22(10-8-20(3)4)32(21)48-36-33(30(42)28(40)26(16-38)47-36)49-35-31(43)29(41)27(17-39)46-35/h7-8,14-15,23,25-31,33,35-36,38-43H,5-6,9-13,16-18H2,1-4H3/t23-,25+,26+,27+,28-,29-,30+,31+,33-,35-,36+/m0/s1. The van der Waals surface area contributed by atoms with Crippen molar-refractivity contribution in [3.05, 3.63) is 52.1 Å². The van der Waals surface area contributed by atoms with Crippen LogP contribution < -0.4 is 4.74 Å². The van der Waals surface area contributed by atoms with E-state index in [0.717, 1.165) is 37.1 Å². The number of esters is 1. The second-order valence-corrected chi connectivity index (χ2v) is 14.1. The van der Waals surface area contributed by atoms with Gasteiger partial charge in [0.1, 0.15) is 42.4 Å². The summed E-state index contributed by atoms with van der Waals surface area (Å²) in [5.41, 5.74) is 3.70. The first-order valence-corrected chi connectivity index (χ1v) is 17.3. The van der Waals surface area contributed by atoms with Crippen LogP contribution >= 0.6 is 0 Å². The van der Waals surface area contributed by atoms with E-state index in [0.29, 0.717) is 53.8 Å². The molecule has 11 atom stereocenters. The maximum Gasteiger partial charge on any atom is 0.338 e. The molecule has 0 bridgehead atoms. The quantitative estimate of drug-likeness (QED) is 0.127. The molecular weight excluding hydrogens is 638 g/mol. The van der Waals surface area contributed by atoms with Gasteiger partial charge in [0, 0.05) is 12.0 Å². The lowest BCUT2D eigenvalue weighted by Gasteiger charge is -2.43. The van der Waals surface area contributed by atoms with Crippen LogP contribution in [0.3, 0.4) is 0 Å². The van der Waals surface area contributed by atoms with Gasteiger partial charge in [0.2, 0.25) is 6.29 Å². The van der Waals surface area contributed by atoms with Crippen LogP contribution in [0.4, 0.5) is 0 Å². The highest BCUT2D eigenvalue weighted by Gasteiger charge is 2.51. The largest absolute Gasteiger partial charge is 0.462 e. The zero-order chi connectivity index (χ0) is 35.4. The van der Waals surface area contributed by atoms with Crippen LogP contribution in [-0.4, -0.2) is 136 Å². The average Bonchev–Trinajstić information content (AvgIpc) is 3.77. The molecule has 4 heterocycles. The number of benzene rings is 1. The van der Waals surface area contributed by atoms with Gasteiger partial charge in [-0.2, -0.15) is 0 Å². The molecule has 0 aromatic heterocycles. The van der Waals surface area contributed by atoms with E-state index >= 15 is 0 Å². The van der Waals surface area contributed by atoms with E-state index in [1.807, 2.05) is 39.8 Å². The van der Waals surface area contributed by atoms with Crippen molar-refractivity contribution >= 4 is 5.97 Å². The number of hydrogen-bond donors (Lipinski definition) is 6. The predicted molar refractivity (Wildman–Crippen MR) is 177 cm³/mol. The maximum absolute atomic E-state index is 13.6. The van der Waals surface area contributed by atoms with Crippen LogP contribution in [0.1, 0.15) is 68.4 Å². The van der Waals surface area contributed by atoms with Gasteiger partial charge in [-0.15, -0.1) is 0 Å². The zero-order valence-electron chi connectivity index (χ0n) is 28.8. The second kappa shape index (κ2) is 16.7. The predicted octanol–water partition coefficient (Wildman–Crippen LogP) is 0.987. The highest BCUT2D eigenvalue weighted by molar-refractivity contribution is 5.90. The Morgan fingerprint density at radius 1 is 0.837 bits per heavy atom. The van der Waals surface area contributed by atoms with Crippen molar-refractivity contribution in [2.45, 2.75) is 121 Å². The van der Waals surface area contributed by atoms with Gasteiger partial charge < -0.3 is 54.3 Å². The van der Waals surface area contributed by atoms with Crippen LogP contribution in [0.2, 0.25) is 0 Å². The summed E-state index contributed by atoms with van der Waals surface area (Å²) < 4.78 is 29.7. The van der Waals surface area contributed by atoms with Crippen molar-refractivity contribution in [3.63, 3.8) is 0 Å². The number of ether oxygens (including phenoxy) is 5. The van der Waals surface area contributed by atoms with Gasteiger partial charge in [-0.3, -0.25) is 4.90 Å². The number of aliphatic hydroxyl groups is 6. The molecule has 5 rings (SSSR count). The van der Waals surface area contributed by atoms with Crippen LogP contribution in [-0.2, 0) is 31.8 Å². The highest BCUT2D eigenvalue weighted by Crippen LogP contribution is 2.36. The Morgan fingerprint density at radius 3 is 2.02 bits per heavy atom. The van der Waals surface area contributed by atoms with Gasteiger partial charge >= 0.3 is 5.97 Å². The molecular formula is C36H53NO12. The van der Waals surface area contributed by atoms with Gasteiger partial charge in [-0.05, 0) is 96.1 Å². The number of rotatable bonds is 13. The van der Waals surface area contributed by atoms with Gasteiger partial charge in [0.15, 0.2) is 12.4 Å². The minimum atomic E-state index is -1.67. The number of carbonyl (C=O) groups excluding carboxylic acids is 1. The van der Waals surface area contributed by atoms with Gasteiger partial charge in [-0.25, -0.2) is 4.79 Å². The summed E-state index contributed by atoms with van der Waals surface area (Å²) in [6, 6.07) is 3.90. The molecule has 0 radical (unpaired) electrons. The topological polar surface area (TPSA) is 188 Å². The first kappa shape index (κ1) is 37.8. The highest BCUT2D eigenvalue weighted by atomic mass is 16.8. The monoisotopic (exact) mass is 691 g/mol. The minimum Gasteiger partial charge on any atom is -0.462 e. The van der Waals surface area contributed by atoms with Crippen LogP contribution in [0.5, 0.6) is 5.75 Å². The van der Waals surface area contributed by atoms with E-state index in [-0.39, 0.29) is 0 Å². The number of fused-ring (bicyclic) bond motifs is 1. The van der Waals surface area contributed by atoms with Crippen molar-refractivity contribution < 1.29 is 59.1 Å². The summed E-state index contributed by atoms with van der Waals surface area (Å²) in [5.74, 6) is 0.226. The number of allylic oxidation sites excluding steroid dienone is 4. The normalized spacial score (nSPS) is 34.4. The number of carbonyl (C=O) groups is 1. The summed E-state index contributed by atoms with van der Waals surface area (Å²) in [4.78, 5) is 16.1. The number of nitrogens with zero attached hydrogens (tertiary/aromatic N) is 1. The first-order chi connectivity index (χ1) is 23.4. The molecule has 13 nitrogen and oxygen atoms in total. The van der Waals surface area contributed by atoms with E-state index in [1.165, 1.54) is 6.42 Å². The molecule has 49 heavy (non-hydrogen) atoms. The van der Waals surface area contributed by atoms with Crippen LogP contribution in [0.25, 0.3) is 0 Å². The molecule has 0 spiro atoms. The first-order valence-electron chi connectivity index (χ1n) is 17.3. The minimum absolute atomic E-state index is 0.308. The van der Waals surface area contributed by atoms with E-state index in [4.69, 9.17) is 23.7 Å². The van der Waals surface area contributed by atoms with Crippen LogP contribution in [0, 0.1) is 5.92 Å². The van der Waals surface area contributed by atoms with E-state index in [2.05, 4.69) is 4.90 Å². The Labute approximate surface area is 287 Å². The Morgan fingerprint density at radius 2 is 1.43 bits per heavy atom. The summed E-state index contributed by atoms with van der Waals surface area (Å²) >= 11 is 0. The van der Waals surface area contributed by atoms with Crippen molar-refractivity contribution in [1.82, 2.24) is 4.90 Å². The fourth-order valence-corrected chi connectivity index (χ4v) is 7.15.